The highest BCUT2D eigenvalue weighted by atomic mass is 35.5. The Labute approximate surface area is 169 Å². The molecule has 28 heavy (non-hydrogen) atoms. The van der Waals surface area contributed by atoms with Crippen LogP contribution in [0.4, 0.5) is 11.4 Å². The van der Waals surface area contributed by atoms with E-state index in [4.69, 9.17) is 21.1 Å². The summed E-state index contributed by atoms with van der Waals surface area (Å²) < 4.78 is 10.4. The van der Waals surface area contributed by atoms with Crippen LogP contribution in [0.1, 0.15) is 15.9 Å². The lowest BCUT2D eigenvalue weighted by Gasteiger charge is -2.11. The van der Waals surface area contributed by atoms with E-state index < -0.39 is 0 Å². The van der Waals surface area contributed by atoms with Crippen molar-refractivity contribution in [3.63, 3.8) is 0 Å². The van der Waals surface area contributed by atoms with E-state index in [1.165, 1.54) is 0 Å². The molecule has 0 atom stereocenters. The van der Waals surface area contributed by atoms with Gasteiger partial charge in [-0.05, 0) is 48.0 Å². The Morgan fingerprint density at radius 1 is 0.893 bits per heavy atom. The van der Waals surface area contributed by atoms with Gasteiger partial charge in [0.25, 0.3) is 5.91 Å². The van der Waals surface area contributed by atoms with Crippen molar-refractivity contribution in [3.05, 3.63) is 82.9 Å². The first kappa shape index (κ1) is 19.6. The first-order valence-electron chi connectivity index (χ1n) is 8.71. The summed E-state index contributed by atoms with van der Waals surface area (Å²) in [6.07, 6.45) is 0. The van der Waals surface area contributed by atoms with E-state index in [1.54, 1.807) is 32.4 Å². The molecule has 0 radical (unpaired) electrons. The average molecular weight is 397 g/mol. The average Bonchev–Trinajstić information content (AvgIpc) is 2.73. The zero-order valence-corrected chi connectivity index (χ0v) is 16.4. The number of nitrogens with one attached hydrogen (secondary N) is 2. The molecule has 6 heteroatoms. The summed E-state index contributed by atoms with van der Waals surface area (Å²) in [5.74, 6) is 0.876. The van der Waals surface area contributed by atoms with Gasteiger partial charge in [-0.1, -0.05) is 29.8 Å². The van der Waals surface area contributed by atoms with Crippen molar-refractivity contribution in [1.29, 1.82) is 0 Å². The molecule has 0 spiro atoms. The van der Waals surface area contributed by atoms with Gasteiger partial charge in [0.05, 0.1) is 14.2 Å². The lowest BCUT2D eigenvalue weighted by Crippen LogP contribution is -2.12. The summed E-state index contributed by atoms with van der Waals surface area (Å²) in [6.45, 7) is 0.620. The van der Waals surface area contributed by atoms with Crippen LogP contribution in [0.15, 0.2) is 66.7 Å². The van der Waals surface area contributed by atoms with Crippen LogP contribution in [-0.2, 0) is 6.54 Å². The van der Waals surface area contributed by atoms with Crippen LogP contribution in [0.2, 0.25) is 5.02 Å². The molecule has 0 aromatic heterocycles. The second-order valence-electron chi connectivity index (χ2n) is 6.08. The van der Waals surface area contributed by atoms with Crippen LogP contribution in [0.25, 0.3) is 0 Å². The first-order chi connectivity index (χ1) is 13.6. The van der Waals surface area contributed by atoms with Crippen LogP contribution in [0.3, 0.4) is 0 Å². The highest BCUT2D eigenvalue weighted by Crippen LogP contribution is 2.24. The standard InChI is InChI=1S/C22H21ClN2O3/c1-27-19-11-16(12-20(13-19)28-2)22(26)25-18-9-7-17(8-10-18)24-14-15-5-3-4-6-21(15)23/h3-13,24H,14H2,1-2H3,(H,25,26). The Kier molecular flexibility index (Phi) is 6.40. The van der Waals surface area contributed by atoms with Crippen LogP contribution < -0.4 is 20.1 Å². The van der Waals surface area contributed by atoms with Crippen molar-refractivity contribution in [2.24, 2.45) is 0 Å². The fourth-order valence-electron chi connectivity index (χ4n) is 2.65. The van der Waals surface area contributed by atoms with E-state index in [-0.39, 0.29) is 5.91 Å². The normalized spacial score (nSPS) is 10.2. The molecule has 0 heterocycles. The summed E-state index contributed by atoms with van der Waals surface area (Å²) in [4.78, 5) is 12.5. The van der Waals surface area contributed by atoms with Gasteiger partial charge in [-0.2, -0.15) is 0 Å². The molecule has 3 aromatic rings. The molecular formula is C22H21ClN2O3. The van der Waals surface area contributed by atoms with Gasteiger partial charge >= 0.3 is 0 Å². The Morgan fingerprint density at radius 2 is 1.50 bits per heavy atom. The van der Waals surface area contributed by atoms with E-state index in [1.807, 2.05) is 48.5 Å². The predicted molar refractivity (Wildman–Crippen MR) is 113 cm³/mol. The number of anilines is 2. The van der Waals surface area contributed by atoms with Crippen molar-refractivity contribution in [1.82, 2.24) is 0 Å². The molecule has 2 N–H and O–H groups in total. The summed E-state index contributed by atoms with van der Waals surface area (Å²) >= 11 is 6.17. The first-order valence-corrected chi connectivity index (χ1v) is 9.08. The minimum Gasteiger partial charge on any atom is -0.497 e. The largest absolute Gasteiger partial charge is 0.497 e. The summed E-state index contributed by atoms with van der Waals surface area (Å²) in [6, 6.07) is 20.2. The summed E-state index contributed by atoms with van der Waals surface area (Å²) in [5.41, 5.74) is 3.10. The number of rotatable bonds is 7. The van der Waals surface area contributed by atoms with Gasteiger partial charge in [0.15, 0.2) is 0 Å². The molecule has 0 fully saturated rings. The highest BCUT2D eigenvalue weighted by molar-refractivity contribution is 6.31. The quantitative estimate of drug-likeness (QED) is 0.574. The third-order valence-electron chi connectivity index (χ3n) is 4.20. The Bertz CT molecular complexity index is 936. The number of amides is 1. The fraction of sp³-hybridized carbons (Fsp3) is 0.136. The Hall–Kier alpha value is -3.18. The van der Waals surface area contributed by atoms with Crippen LogP contribution >= 0.6 is 11.6 Å². The van der Waals surface area contributed by atoms with Gasteiger partial charge < -0.3 is 20.1 Å². The van der Waals surface area contributed by atoms with E-state index in [0.717, 1.165) is 16.3 Å². The van der Waals surface area contributed by atoms with Crippen LogP contribution in [0.5, 0.6) is 11.5 Å². The molecule has 0 aliphatic heterocycles. The fourth-order valence-corrected chi connectivity index (χ4v) is 2.85. The van der Waals surface area contributed by atoms with Crippen molar-refractivity contribution in [2.45, 2.75) is 6.54 Å². The molecule has 0 saturated carbocycles. The number of benzene rings is 3. The minimum absolute atomic E-state index is 0.242. The van der Waals surface area contributed by atoms with Gasteiger partial charge in [0.2, 0.25) is 0 Å². The zero-order chi connectivity index (χ0) is 19.9. The number of methoxy groups -OCH3 is 2. The molecule has 0 unspecified atom stereocenters. The van der Waals surface area contributed by atoms with Crippen LogP contribution in [0, 0.1) is 0 Å². The molecule has 1 amide bonds. The number of carbonyl (C=O) groups excluding carboxylic acids is 1. The molecule has 0 aliphatic rings. The van der Waals surface area contributed by atoms with E-state index in [9.17, 15) is 4.79 Å². The predicted octanol–water partition coefficient (Wildman–Crippen LogP) is 5.22. The number of halogens is 1. The van der Waals surface area contributed by atoms with Gasteiger partial charge in [0, 0.05) is 34.6 Å². The highest BCUT2D eigenvalue weighted by Gasteiger charge is 2.10. The van der Waals surface area contributed by atoms with Crippen LogP contribution in [-0.4, -0.2) is 20.1 Å². The van der Waals surface area contributed by atoms with E-state index in [0.29, 0.717) is 29.3 Å². The Balaban J connectivity index is 1.64. The SMILES string of the molecule is COc1cc(OC)cc(C(=O)Nc2ccc(NCc3ccccc3Cl)cc2)c1. The third kappa shape index (κ3) is 4.96. The van der Waals surface area contributed by atoms with Gasteiger partial charge in [-0.15, -0.1) is 0 Å². The van der Waals surface area contributed by atoms with E-state index >= 15 is 0 Å². The molecule has 5 nitrogen and oxygen atoms in total. The monoisotopic (exact) mass is 396 g/mol. The number of hydrogen-bond donors (Lipinski definition) is 2. The molecule has 0 bridgehead atoms. The second kappa shape index (κ2) is 9.15. The lowest BCUT2D eigenvalue weighted by molar-refractivity contribution is 0.102. The van der Waals surface area contributed by atoms with Crippen molar-refractivity contribution in [2.75, 3.05) is 24.9 Å². The molecule has 3 aromatic carbocycles. The Morgan fingerprint density at radius 3 is 2.11 bits per heavy atom. The van der Waals surface area contributed by atoms with Crippen molar-refractivity contribution in [3.8, 4) is 11.5 Å². The van der Waals surface area contributed by atoms with Gasteiger partial charge in [-0.25, -0.2) is 0 Å². The smallest absolute Gasteiger partial charge is 0.255 e. The van der Waals surface area contributed by atoms with Crippen molar-refractivity contribution >= 4 is 28.9 Å². The zero-order valence-electron chi connectivity index (χ0n) is 15.7. The third-order valence-corrected chi connectivity index (χ3v) is 4.57. The second-order valence-corrected chi connectivity index (χ2v) is 6.48. The summed E-state index contributed by atoms with van der Waals surface area (Å²) in [7, 11) is 3.09. The number of hydrogen-bond acceptors (Lipinski definition) is 4. The minimum atomic E-state index is -0.242. The lowest BCUT2D eigenvalue weighted by atomic mass is 10.1. The van der Waals surface area contributed by atoms with Gasteiger partial charge in [-0.3, -0.25) is 4.79 Å². The summed E-state index contributed by atoms with van der Waals surface area (Å²) in [5, 5.41) is 6.92. The number of ether oxygens (including phenoxy) is 2. The number of carbonyl (C=O) groups is 1. The maximum Gasteiger partial charge on any atom is 0.255 e. The van der Waals surface area contributed by atoms with Gasteiger partial charge in [0.1, 0.15) is 11.5 Å². The molecule has 3 rings (SSSR count). The van der Waals surface area contributed by atoms with Crippen molar-refractivity contribution < 1.29 is 14.3 Å². The topological polar surface area (TPSA) is 59.6 Å². The molecule has 144 valence electrons. The molecule has 0 aliphatic carbocycles. The van der Waals surface area contributed by atoms with E-state index in [2.05, 4.69) is 10.6 Å². The maximum atomic E-state index is 12.5. The maximum absolute atomic E-state index is 12.5. The molecular weight excluding hydrogens is 376 g/mol. The molecule has 0 saturated heterocycles.